The lowest BCUT2D eigenvalue weighted by Gasteiger charge is -2.22. The fourth-order valence-corrected chi connectivity index (χ4v) is 3.63. The Morgan fingerprint density at radius 3 is 2.95 bits per heavy atom. The van der Waals surface area contributed by atoms with E-state index in [1.54, 1.807) is 11.3 Å². The van der Waals surface area contributed by atoms with Gasteiger partial charge in [0.15, 0.2) is 10.8 Å². The van der Waals surface area contributed by atoms with E-state index < -0.39 is 0 Å². The first-order valence-corrected chi connectivity index (χ1v) is 8.25. The van der Waals surface area contributed by atoms with Gasteiger partial charge < -0.3 is 15.5 Å². The summed E-state index contributed by atoms with van der Waals surface area (Å²) in [5, 5.41) is 2.08. The molecule has 0 unspecified atom stereocenters. The largest absolute Gasteiger partial charge is 0.357 e. The summed E-state index contributed by atoms with van der Waals surface area (Å²) < 4.78 is 2.18. The van der Waals surface area contributed by atoms with Gasteiger partial charge in [-0.2, -0.15) is 0 Å². The highest BCUT2D eigenvalue weighted by Gasteiger charge is 2.17. The standard InChI is InChI=1S/C14H23N5S/c1-17(8-9-18-6-2-3-7-18)13-12(4-5-15)19-10-11-20-14(19)16-13/h10-11H,2-9,15H2,1H3. The van der Waals surface area contributed by atoms with E-state index in [9.17, 15) is 0 Å². The number of nitrogens with two attached hydrogens (primary N) is 1. The van der Waals surface area contributed by atoms with Crippen LogP contribution in [0.3, 0.4) is 0 Å². The molecular weight excluding hydrogens is 270 g/mol. The van der Waals surface area contributed by atoms with Crippen LogP contribution in [0.25, 0.3) is 4.96 Å². The molecule has 6 heteroatoms. The molecule has 20 heavy (non-hydrogen) atoms. The van der Waals surface area contributed by atoms with Crippen molar-refractivity contribution < 1.29 is 0 Å². The highest BCUT2D eigenvalue weighted by molar-refractivity contribution is 7.15. The molecule has 3 rings (SSSR count). The smallest absolute Gasteiger partial charge is 0.195 e. The van der Waals surface area contributed by atoms with Crippen molar-refractivity contribution in [1.82, 2.24) is 14.3 Å². The van der Waals surface area contributed by atoms with Crippen LogP contribution in [0.1, 0.15) is 18.5 Å². The first kappa shape index (κ1) is 13.9. The minimum Gasteiger partial charge on any atom is -0.357 e. The predicted octanol–water partition coefficient (Wildman–Crippen LogP) is 1.43. The van der Waals surface area contributed by atoms with Gasteiger partial charge in [0, 0.05) is 38.1 Å². The van der Waals surface area contributed by atoms with Gasteiger partial charge in [0.05, 0.1) is 5.69 Å². The predicted molar refractivity (Wildman–Crippen MR) is 84.8 cm³/mol. The van der Waals surface area contributed by atoms with Gasteiger partial charge in [0.2, 0.25) is 0 Å². The van der Waals surface area contributed by atoms with Crippen molar-refractivity contribution >= 4 is 22.1 Å². The first-order chi connectivity index (χ1) is 9.79. The van der Waals surface area contributed by atoms with Crippen LogP contribution >= 0.6 is 11.3 Å². The Bertz CT molecular complexity index is 555. The zero-order valence-corrected chi connectivity index (χ0v) is 12.9. The van der Waals surface area contributed by atoms with Gasteiger partial charge in [-0.1, -0.05) is 0 Å². The fraction of sp³-hybridized carbons (Fsp3) is 0.643. The number of nitrogens with zero attached hydrogens (tertiary/aromatic N) is 4. The Labute approximate surface area is 124 Å². The normalized spacial score (nSPS) is 16.3. The number of rotatable bonds is 6. The van der Waals surface area contributed by atoms with Crippen LogP contribution in [0, 0.1) is 0 Å². The summed E-state index contributed by atoms with van der Waals surface area (Å²) >= 11 is 1.68. The van der Waals surface area contributed by atoms with Crippen LogP contribution in [0.2, 0.25) is 0 Å². The maximum atomic E-state index is 5.76. The number of hydrogen-bond acceptors (Lipinski definition) is 5. The summed E-state index contributed by atoms with van der Waals surface area (Å²) in [4.78, 5) is 10.7. The fourth-order valence-electron chi connectivity index (χ4n) is 2.90. The minimum atomic E-state index is 0.663. The number of thiazole rings is 1. The van der Waals surface area contributed by atoms with Gasteiger partial charge in [-0.3, -0.25) is 4.40 Å². The van der Waals surface area contributed by atoms with Crippen molar-refractivity contribution in [3.05, 3.63) is 17.3 Å². The molecule has 110 valence electrons. The van der Waals surface area contributed by atoms with Crippen molar-refractivity contribution in [2.24, 2.45) is 5.73 Å². The molecule has 2 N–H and O–H groups in total. The number of likely N-dealkylation sites (N-methyl/N-ethyl adjacent to an activating group) is 1. The second-order valence-corrected chi connectivity index (χ2v) is 6.32. The van der Waals surface area contributed by atoms with Crippen LogP contribution < -0.4 is 10.6 Å². The van der Waals surface area contributed by atoms with Crippen LogP contribution in [0.4, 0.5) is 5.82 Å². The van der Waals surface area contributed by atoms with E-state index in [1.165, 1.54) is 31.6 Å². The van der Waals surface area contributed by atoms with Gasteiger partial charge in [0.25, 0.3) is 0 Å². The molecule has 2 aromatic rings. The average molecular weight is 293 g/mol. The molecule has 5 nitrogen and oxygen atoms in total. The average Bonchev–Trinajstić information content (AvgIpc) is 3.14. The van der Waals surface area contributed by atoms with Crippen LogP contribution in [-0.2, 0) is 6.42 Å². The molecule has 0 amide bonds. The third kappa shape index (κ3) is 2.68. The topological polar surface area (TPSA) is 49.8 Å². The van der Waals surface area contributed by atoms with Crippen molar-refractivity contribution in [3.8, 4) is 0 Å². The van der Waals surface area contributed by atoms with Crippen LogP contribution in [0.15, 0.2) is 11.6 Å². The molecule has 1 aliphatic heterocycles. The maximum Gasteiger partial charge on any atom is 0.195 e. The second-order valence-electron chi connectivity index (χ2n) is 5.45. The number of hydrogen-bond donors (Lipinski definition) is 1. The molecule has 0 radical (unpaired) electrons. The van der Waals surface area contributed by atoms with Crippen LogP contribution in [-0.4, -0.2) is 54.1 Å². The monoisotopic (exact) mass is 293 g/mol. The highest BCUT2D eigenvalue weighted by atomic mass is 32.1. The quantitative estimate of drug-likeness (QED) is 0.875. The van der Waals surface area contributed by atoms with Gasteiger partial charge in [0.1, 0.15) is 0 Å². The van der Waals surface area contributed by atoms with E-state index in [-0.39, 0.29) is 0 Å². The van der Waals surface area contributed by atoms with Gasteiger partial charge in [-0.15, -0.1) is 11.3 Å². The molecule has 1 aliphatic rings. The summed E-state index contributed by atoms with van der Waals surface area (Å²) in [6, 6.07) is 0. The first-order valence-electron chi connectivity index (χ1n) is 7.37. The third-order valence-electron chi connectivity index (χ3n) is 4.03. The summed E-state index contributed by atoms with van der Waals surface area (Å²) in [5.41, 5.74) is 7.00. The summed E-state index contributed by atoms with van der Waals surface area (Å²) in [6.45, 7) is 5.33. The van der Waals surface area contributed by atoms with Gasteiger partial charge >= 0.3 is 0 Å². The molecule has 0 atom stereocenters. The lowest BCUT2D eigenvalue weighted by atomic mass is 10.3. The Hall–Kier alpha value is -1.11. The van der Waals surface area contributed by atoms with E-state index in [0.717, 1.165) is 30.3 Å². The minimum absolute atomic E-state index is 0.663. The van der Waals surface area contributed by atoms with Crippen molar-refractivity contribution in [2.45, 2.75) is 19.3 Å². The maximum absolute atomic E-state index is 5.76. The number of aromatic nitrogens is 2. The Balaban J connectivity index is 1.73. The second kappa shape index (κ2) is 6.11. The molecule has 0 aliphatic carbocycles. The van der Waals surface area contributed by atoms with E-state index in [2.05, 4.69) is 32.8 Å². The van der Waals surface area contributed by atoms with Gasteiger partial charge in [-0.05, 0) is 32.5 Å². The SMILES string of the molecule is CN(CCN1CCCC1)c1nc2sccn2c1CCN. The highest BCUT2D eigenvalue weighted by Crippen LogP contribution is 2.24. The zero-order chi connectivity index (χ0) is 13.9. The molecule has 0 saturated carbocycles. The number of fused-ring (bicyclic) bond motifs is 1. The molecule has 1 saturated heterocycles. The van der Waals surface area contributed by atoms with Gasteiger partial charge in [-0.25, -0.2) is 4.98 Å². The Morgan fingerprint density at radius 1 is 1.40 bits per heavy atom. The van der Waals surface area contributed by atoms with E-state index >= 15 is 0 Å². The summed E-state index contributed by atoms with van der Waals surface area (Å²) in [7, 11) is 2.14. The number of imidazole rings is 1. The number of likely N-dealkylation sites (tertiary alicyclic amines) is 1. The van der Waals surface area contributed by atoms with E-state index in [4.69, 9.17) is 10.7 Å². The summed E-state index contributed by atoms with van der Waals surface area (Å²) in [5.74, 6) is 1.10. The van der Waals surface area contributed by atoms with Crippen molar-refractivity contribution in [1.29, 1.82) is 0 Å². The number of anilines is 1. The van der Waals surface area contributed by atoms with E-state index in [0.29, 0.717) is 6.54 Å². The Morgan fingerprint density at radius 2 is 2.20 bits per heavy atom. The molecule has 2 aromatic heterocycles. The molecule has 0 bridgehead atoms. The molecule has 1 fully saturated rings. The molecule has 3 heterocycles. The van der Waals surface area contributed by atoms with Crippen molar-refractivity contribution in [2.75, 3.05) is 44.7 Å². The lowest BCUT2D eigenvalue weighted by Crippen LogP contribution is -2.32. The third-order valence-corrected chi connectivity index (χ3v) is 4.79. The van der Waals surface area contributed by atoms with Crippen LogP contribution in [0.5, 0.6) is 0 Å². The lowest BCUT2D eigenvalue weighted by molar-refractivity contribution is 0.346. The molecule has 0 aromatic carbocycles. The molecular formula is C14H23N5S. The molecule has 0 spiro atoms. The zero-order valence-electron chi connectivity index (χ0n) is 12.1. The summed E-state index contributed by atoms with van der Waals surface area (Å²) in [6.07, 6.45) is 5.67. The van der Waals surface area contributed by atoms with E-state index in [1.807, 2.05) is 0 Å². The Kier molecular flexibility index (Phi) is 4.24. The van der Waals surface area contributed by atoms with Crippen molar-refractivity contribution in [3.63, 3.8) is 0 Å².